The van der Waals surface area contributed by atoms with Crippen LogP contribution in [0.4, 0.5) is 15.4 Å². The number of aromatic nitrogens is 3. The second-order valence-corrected chi connectivity index (χ2v) is 10.9. The van der Waals surface area contributed by atoms with Gasteiger partial charge in [0.25, 0.3) is 0 Å². The van der Waals surface area contributed by atoms with Crippen LogP contribution in [0.15, 0.2) is 60.7 Å². The van der Waals surface area contributed by atoms with E-state index >= 15 is 0 Å². The molecule has 2 amide bonds. The number of carbonyl (C=O) groups excluding carboxylic acids is 2. The van der Waals surface area contributed by atoms with E-state index in [1.54, 1.807) is 31.7 Å². The van der Waals surface area contributed by atoms with Gasteiger partial charge in [-0.25, -0.2) is 19.6 Å². The first-order chi connectivity index (χ1) is 19.2. The summed E-state index contributed by atoms with van der Waals surface area (Å²) in [4.78, 5) is 36.1. The summed E-state index contributed by atoms with van der Waals surface area (Å²) in [5.41, 5.74) is 3.73. The molecule has 2 aromatic heterocycles. The minimum Gasteiger partial charge on any atom is -0.428 e. The smallest absolute Gasteiger partial charge is 0.428 e. The largest absolute Gasteiger partial charge is 0.514 e. The van der Waals surface area contributed by atoms with Gasteiger partial charge < -0.3 is 19.4 Å². The third-order valence-electron chi connectivity index (χ3n) is 6.56. The maximum atomic E-state index is 12.4. The first-order valence-electron chi connectivity index (χ1n) is 13.7. The molecule has 9 heteroatoms. The fourth-order valence-corrected chi connectivity index (χ4v) is 4.74. The van der Waals surface area contributed by atoms with E-state index in [0.717, 1.165) is 52.9 Å². The van der Waals surface area contributed by atoms with Crippen LogP contribution in [0.25, 0.3) is 22.3 Å². The lowest BCUT2D eigenvalue weighted by Crippen LogP contribution is -2.46. The van der Waals surface area contributed by atoms with Gasteiger partial charge in [-0.15, -0.1) is 0 Å². The van der Waals surface area contributed by atoms with E-state index in [-0.39, 0.29) is 6.03 Å². The first kappa shape index (κ1) is 27.2. The van der Waals surface area contributed by atoms with Gasteiger partial charge in [0, 0.05) is 25.1 Å². The van der Waals surface area contributed by atoms with Crippen molar-refractivity contribution in [1.29, 1.82) is 0 Å². The van der Waals surface area contributed by atoms with Crippen LogP contribution in [0.5, 0.6) is 5.75 Å². The fourth-order valence-electron chi connectivity index (χ4n) is 4.74. The van der Waals surface area contributed by atoms with E-state index in [1.165, 1.54) is 0 Å². The van der Waals surface area contributed by atoms with Crippen LogP contribution in [0.1, 0.15) is 51.9 Å². The number of nitrogens with zero attached hydrogens (tertiary/aromatic N) is 4. The molecule has 4 aromatic rings. The number of rotatable bonds is 7. The molecule has 40 heavy (non-hydrogen) atoms. The number of fused-ring (bicyclic) bond motifs is 1. The van der Waals surface area contributed by atoms with E-state index in [4.69, 9.17) is 19.4 Å². The Bertz CT molecular complexity index is 1520. The van der Waals surface area contributed by atoms with Crippen LogP contribution < -0.4 is 15.0 Å². The van der Waals surface area contributed by atoms with E-state index < -0.39 is 11.8 Å². The lowest BCUT2D eigenvalue weighted by Gasteiger charge is -2.26. The van der Waals surface area contributed by atoms with E-state index in [2.05, 4.69) is 28.9 Å². The molecule has 1 saturated heterocycles. The van der Waals surface area contributed by atoms with Crippen molar-refractivity contribution in [2.24, 2.45) is 0 Å². The molecule has 1 fully saturated rings. The van der Waals surface area contributed by atoms with Gasteiger partial charge in [0.2, 0.25) is 0 Å². The number of carbonyl (C=O) groups is 2. The van der Waals surface area contributed by atoms with Crippen molar-refractivity contribution < 1.29 is 19.1 Å². The number of hydrogen-bond donors (Lipinski definition) is 1. The summed E-state index contributed by atoms with van der Waals surface area (Å²) < 4.78 is 13.0. The number of hydrogen-bond acceptors (Lipinski definition) is 6. The molecule has 1 aliphatic heterocycles. The number of amides is 2. The summed E-state index contributed by atoms with van der Waals surface area (Å²) in [5.74, 6) is 2.03. The topological polar surface area (TPSA) is 98.6 Å². The van der Waals surface area contributed by atoms with Crippen LogP contribution in [-0.2, 0) is 17.7 Å². The Morgan fingerprint density at radius 2 is 1.80 bits per heavy atom. The summed E-state index contributed by atoms with van der Waals surface area (Å²) in [5, 5.41) is 2.89. The van der Waals surface area contributed by atoms with Crippen molar-refractivity contribution in [3.8, 4) is 16.9 Å². The summed E-state index contributed by atoms with van der Waals surface area (Å²) in [6.07, 6.45) is 1.92. The quantitative estimate of drug-likeness (QED) is 0.217. The highest BCUT2D eigenvalue weighted by Gasteiger charge is 2.22. The fraction of sp³-hybridized carbons (Fsp3) is 0.355. The summed E-state index contributed by atoms with van der Waals surface area (Å²) in [6.45, 7) is 9.45. The molecule has 1 N–H and O–H groups in total. The zero-order valence-corrected chi connectivity index (χ0v) is 23.4. The number of nitrogens with one attached hydrogen (secondary N) is 1. The molecule has 1 aliphatic rings. The standard InChI is InChI=1S/C31H35N5O4/c1-5-9-26-33-24-16-17-27(35-19-8-18-32-29(35)37)34-28(24)36(26)20-21-12-14-22(15-13-21)23-10-6-7-11-25(23)39-30(38)40-31(2,3)4/h6-7,10-17H,5,8-9,18-20H2,1-4H3,(H,32,37). The third-order valence-corrected chi connectivity index (χ3v) is 6.56. The molecule has 208 valence electrons. The van der Waals surface area contributed by atoms with Crippen LogP contribution in [-0.4, -0.2) is 45.4 Å². The van der Waals surface area contributed by atoms with Crippen LogP contribution in [0, 0.1) is 0 Å². The maximum Gasteiger partial charge on any atom is 0.514 e. The average molecular weight is 542 g/mol. The van der Waals surface area contributed by atoms with Crippen molar-refractivity contribution in [3.63, 3.8) is 0 Å². The first-order valence-corrected chi connectivity index (χ1v) is 13.7. The minimum absolute atomic E-state index is 0.121. The van der Waals surface area contributed by atoms with Crippen LogP contribution >= 0.6 is 0 Å². The number of aryl methyl sites for hydroxylation is 1. The molecular weight excluding hydrogens is 506 g/mol. The number of anilines is 1. The van der Waals surface area contributed by atoms with Crippen molar-refractivity contribution in [2.75, 3.05) is 18.0 Å². The van der Waals surface area contributed by atoms with E-state index in [1.807, 2.05) is 42.5 Å². The minimum atomic E-state index is -0.735. The normalized spacial score (nSPS) is 13.8. The molecule has 0 unspecified atom stereocenters. The van der Waals surface area contributed by atoms with Crippen LogP contribution in [0.2, 0.25) is 0 Å². The highest BCUT2D eigenvalue weighted by Crippen LogP contribution is 2.31. The third kappa shape index (κ3) is 6.09. The summed E-state index contributed by atoms with van der Waals surface area (Å²) in [7, 11) is 0. The van der Waals surface area contributed by atoms with Gasteiger partial charge in [-0.1, -0.05) is 49.4 Å². The van der Waals surface area contributed by atoms with Gasteiger partial charge in [0.05, 0.1) is 6.54 Å². The van der Waals surface area contributed by atoms with E-state index in [9.17, 15) is 9.59 Å². The van der Waals surface area contributed by atoms with E-state index in [0.29, 0.717) is 31.2 Å². The SMILES string of the molecule is CCCc1nc2ccc(N3CCCNC3=O)nc2n1Cc1ccc(-c2ccccc2OC(=O)OC(C)(C)C)cc1. The summed E-state index contributed by atoms with van der Waals surface area (Å²) >= 11 is 0. The Hall–Kier alpha value is -4.40. The monoisotopic (exact) mass is 541 g/mol. The predicted octanol–water partition coefficient (Wildman–Crippen LogP) is 6.33. The summed E-state index contributed by atoms with van der Waals surface area (Å²) in [6, 6.07) is 19.2. The molecule has 0 bridgehead atoms. The lowest BCUT2D eigenvalue weighted by molar-refractivity contribution is 0.0207. The second kappa shape index (κ2) is 11.4. The lowest BCUT2D eigenvalue weighted by atomic mass is 10.0. The molecule has 0 atom stereocenters. The Morgan fingerprint density at radius 1 is 1.02 bits per heavy atom. The van der Waals surface area contributed by atoms with Crippen molar-refractivity contribution >= 4 is 29.2 Å². The molecular formula is C31H35N5O4. The number of pyridine rings is 1. The second-order valence-electron chi connectivity index (χ2n) is 10.9. The molecule has 2 aromatic carbocycles. The van der Waals surface area contributed by atoms with Crippen molar-refractivity contribution in [2.45, 2.75) is 59.1 Å². The van der Waals surface area contributed by atoms with Crippen LogP contribution in [0.3, 0.4) is 0 Å². The molecule has 3 heterocycles. The highest BCUT2D eigenvalue weighted by molar-refractivity contribution is 5.92. The molecule has 0 aliphatic carbocycles. The molecule has 9 nitrogen and oxygen atoms in total. The Labute approximate surface area is 234 Å². The number of para-hydroxylation sites is 1. The Balaban J connectivity index is 1.42. The number of imidazole rings is 1. The van der Waals surface area contributed by atoms with Gasteiger partial charge in [-0.3, -0.25) is 4.90 Å². The maximum absolute atomic E-state index is 12.4. The number of ether oxygens (including phenoxy) is 2. The molecule has 0 radical (unpaired) electrons. The van der Waals surface area contributed by atoms with Gasteiger partial charge in [-0.2, -0.15) is 0 Å². The van der Waals surface area contributed by atoms with Crippen molar-refractivity contribution in [3.05, 3.63) is 72.1 Å². The molecule has 5 rings (SSSR count). The van der Waals surface area contributed by atoms with Gasteiger partial charge in [-0.05, 0) is 62.9 Å². The Kier molecular flexibility index (Phi) is 7.73. The predicted molar refractivity (Wildman–Crippen MR) is 155 cm³/mol. The highest BCUT2D eigenvalue weighted by atomic mass is 16.7. The number of benzene rings is 2. The molecule has 0 saturated carbocycles. The zero-order valence-electron chi connectivity index (χ0n) is 23.4. The van der Waals surface area contributed by atoms with Gasteiger partial charge >= 0.3 is 12.2 Å². The average Bonchev–Trinajstić information content (AvgIpc) is 3.25. The zero-order chi connectivity index (χ0) is 28.3. The number of urea groups is 1. The van der Waals surface area contributed by atoms with Crippen molar-refractivity contribution in [1.82, 2.24) is 19.9 Å². The Morgan fingerprint density at radius 3 is 2.52 bits per heavy atom. The van der Waals surface area contributed by atoms with Gasteiger partial charge in [0.15, 0.2) is 5.65 Å². The van der Waals surface area contributed by atoms with Gasteiger partial charge in [0.1, 0.15) is 28.5 Å². The molecule has 0 spiro atoms.